The summed E-state index contributed by atoms with van der Waals surface area (Å²) in [4.78, 5) is 23.9. The first-order valence-electron chi connectivity index (χ1n) is 6.28. The van der Waals surface area contributed by atoms with Crippen LogP contribution in [0.15, 0.2) is 53.1 Å². The quantitative estimate of drug-likeness (QED) is 0.810. The molecular weight excluding hydrogens is 274 g/mol. The van der Waals surface area contributed by atoms with E-state index in [1.807, 2.05) is 0 Å². The molecule has 2 aromatic rings. The molecule has 21 heavy (non-hydrogen) atoms. The van der Waals surface area contributed by atoms with E-state index in [4.69, 9.17) is 4.42 Å². The Kier molecular flexibility index (Phi) is 4.73. The Bertz CT molecular complexity index is 594. The highest BCUT2D eigenvalue weighted by Gasteiger charge is 2.32. The summed E-state index contributed by atoms with van der Waals surface area (Å²) in [6.45, 7) is 0. The van der Waals surface area contributed by atoms with Crippen LogP contribution in [0.3, 0.4) is 0 Å². The maximum atomic E-state index is 12.1. The maximum Gasteiger partial charge on any atom is 0.331 e. The molecule has 0 saturated heterocycles. The Morgan fingerprint density at radius 1 is 1.19 bits per heavy atom. The van der Waals surface area contributed by atoms with Gasteiger partial charge in [0.15, 0.2) is 6.04 Å². The minimum absolute atomic E-state index is 0.166. The predicted octanol–water partition coefficient (Wildman–Crippen LogP) is 1.28. The van der Waals surface area contributed by atoms with E-state index in [-0.39, 0.29) is 5.76 Å². The molecule has 0 unspecified atom stereocenters. The zero-order chi connectivity index (χ0) is 15.2. The lowest BCUT2D eigenvalue weighted by Gasteiger charge is -2.20. The largest absolute Gasteiger partial charge is 0.467 e. The summed E-state index contributed by atoms with van der Waals surface area (Å²) in [6, 6.07) is 10.2. The van der Waals surface area contributed by atoms with Gasteiger partial charge in [-0.05, 0) is 24.3 Å². The minimum atomic E-state index is -1.33. The summed E-state index contributed by atoms with van der Waals surface area (Å²) in [5.74, 6) is -1.08. The lowest BCUT2D eigenvalue weighted by Crippen LogP contribution is -2.45. The number of aliphatic hydroxyl groups is 1. The number of carbonyl (C=O) groups excluding carboxylic acids is 2. The highest BCUT2D eigenvalue weighted by atomic mass is 16.5. The normalized spacial score (nSPS) is 13.2. The Hall–Kier alpha value is -2.60. The van der Waals surface area contributed by atoms with Gasteiger partial charge in [-0.1, -0.05) is 18.2 Å². The van der Waals surface area contributed by atoms with Gasteiger partial charge in [0, 0.05) is 5.56 Å². The fourth-order valence-corrected chi connectivity index (χ4v) is 1.83. The number of benzene rings is 1. The van der Waals surface area contributed by atoms with E-state index in [0.717, 1.165) is 0 Å². The SMILES string of the molecule is COC(=O)[C@@H](NC(=O)c1ccccc1)[C@H](O)c1ccco1. The Labute approximate surface area is 121 Å². The van der Waals surface area contributed by atoms with E-state index in [1.165, 1.54) is 19.4 Å². The second-order valence-electron chi connectivity index (χ2n) is 4.30. The van der Waals surface area contributed by atoms with Crippen molar-refractivity contribution in [1.29, 1.82) is 0 Å². The number of rotatable bonds is 5. The van der Waals surface area contributed by atoms with Crippen molar-refractivity contribution in [3.8, 4) is 0 Å². The van der Waals surface area contributed by atoms with Gasteiger partial charge < -0.3 is 19.6 Å². The van der Waals surface area contributed by atoms with Crippen LogP contribution in [0.4, 0.5) is 0 Å². The van der Waals surface area contributed by atoms with Gasteiger partial charge in [-0.25, -0.2) is 4.79 Å². The Balaban J connectivity index is 2.17. The number of methoxy groups -OCH3 is 1. The van der Waals surface area contributed by atoms with Crippen molar-refractivity contribution in [3.63, 3.8) is 0 Å². The van der Waals surface area contributed by atoms with Gasteiger partial charge in [0.2, 0.25) is 0 Å². The van der Waals surface area contributed by atoms with Crippen LogP contribution >= 0.6 is 0 Å². The molecule has 0 aliphatic heterocycles. The minimum Gasteiger partial charge on any atom is -0.467 e. The van der Waals surface area contributed by atoms with Crippen LogP contribution in [-0.2, 0) is 9.53 Å². The first-order valence-corrected chi connectivity index (χ1v) is 6.28. The number of hydrogen-bond donors (Lipinski definition) is 2. The number of amides is 1. The smallest absolute Gasteiger partial charge is 0.331 e. The molecule has 2 atom stereocenters. The van der Waals surface area contributed by atoms with Crippen molar-refractivity contribution in [2.75, 3.05) is 7.11 Å². The van der Waals surface area contributed by atoms with Gasteiger partial charge in [-0.3, -0.25) is 4.79 Å². The number of furan rings is 1. The van der Waals surface area contributed by atoms with Gasteiger partial charge in [0.05, 0.1) is 13.4 Å². The molecule has 1 aromatic heterocycles. The molecule has 1 amide bonds. The second kappa shape index (κ2) is 6.71. The van der Waals surface area contributed by atoms with Gasteiger partial charge >= 0.3 is 5.97 Å². The van der Waals surface area contributed by atoms with Crippen molar-refractivity contribution in [2.24, 2.45) is 0 Å². The van der Waals surface area contributed by atoms with E-state index >= 15 is 0 Å². The van der Waals surface area contributed by atoms with Crippen molar-refractivity contribution in [3.05, 3.63) is 60.1 Å². The zero-order valence-electron chi connectivity index (χ0n) is 11.4. The van der Waals surface area contributed by atoms with Crippen LogP contribution in [0.1, 0.15) is 22.2 Å². The third-order valence-corrected chi connectivity index (χ3v) is 2.93. The predicted molar refractivity (Wildman–Crippen MR) is 73.4 cm³/mol. The fraction of sp³-hybridized carbons (Fsp3) is 0.200. The summed E-state index contributed by atoms with van der Waals surface area (Å²) in [5, 5.41) is 12.6. The molecule has 0 aliphatic rings. The second-order valence-corrected chi connectivity index (χ2v) is 4.30. The number of ether oxygens (including phenoxy) is 1. The molecule has 6 heteroatoms. The van der Waals surface area contributed by atoms with E-state index in [9.17, 15) is 14.7 Å². The first kappa shape index (κ1) is 14.8. The summed E-state index contributed by atoms with van der Waals surface area (Å²) >= 11 is 0. The van der Waals surface area contributed by atoms with Crippen LogP contribution in [0.2, 0.25) is 0 Å². The summed E-state index contributed by atoms with van der Waals surface area (Å²) < 4.78 is 9.66. The molecule has 6 nitrogen and oxygen atoms in total. The Morgan fingerprint density at radius 3 is 2.48 bits per heavy atom. The van der Waals surface area contributed by atoms with E-state index in [1.54, 1.807) is 36.4 Å². The summed E-state index contributed by atoms with van der Waals surface area (Å²) in [5.41, 5.74) is 0.373. The molecule has 0 fully saturated rings. The topological polar surface area (TPSA) is 88.8 Å². The maximum absolute atomic E-state index is 12.1. The molecule has 0 aliphatic carbocycles. The monoisotopic (exact) mass is 289 g/mol. The molecule has 0 saturated carbocycles. The third-order valence-electron chi connectivity index (χ3n) is 2.93. The fourth-order valence-electron chi connectivity index (χ4n) is 1.83. The molecule has 0 radical (unpaired) electrons. The van der Waals surface area contributed by atoms with Crippen LogP contribution < -0.4 is 5.32 Å². The van der Waals surface area contributed by atoms with E-state index in [0.29, 0.717) is 5.56 Å². The molecule has 2 rings (SSSR count). The van der Waals surface area contributed by atoms with Crippen molar-refractivity contribution < 1.29 is 23.8 Å². The van der Waals surface area contributed by atoms with Crippen molar-refractivity contribution >= 4 is 11.9 Å². The molecule has 110 valence electrons. The molecule has 1 aromatic carbocycles. The van der Waals surface area contributed by atoms with Crippen molar-refractivity contribution in [1.82, 2.24) is 5.32 Å². The number of nitrogens with one attached hydrogen (secondary N) is 1. The average molecular weight is 289 g/mol. The summed E-state index contributed by atoms with van der Waals surface area (Å²) in [7, 11) is 1.18. The molecule has 0 spiro atoms. The average Bonchev–Trinajstić information content (AvgIpc) is 3.06. The van der Waals surface area contributed by atoms with Crippen molar-refractivity contribution in [2.45, 2.75) is 12.1 Å². The van der Waals surface area contributed by atoms with Gasteiger partial charge in [0.25, 0.3) is 5.91 Å². The standard InChI is InChI=1S/C15H15NO5/c1-20-15(19)12(13(17)11-8-5-9-21-11)16-14(18)10-6-3-2-4-7-10/h2-9,12-13,17H,1H3,(H,16,18)/t12-,13+/m0/s1. The highest BCUT2D eigenvalue weighted by molar-refractivity contribution is 5.96. The summed E-state index contributed by atoms with van der Waals surface area (Å²) in [6.07, 6.45) is 0.0337. The highest BCUT2D eigenvalue weighted by Crippen LogP contribution is 2.18. The number of aliphatic hydroxyl groups excluding tert-OH is 1. The molecular formula is C15H15NO5. The Morgan fingerprint density at radius 2 is 1.90 bits per heavy atom. The van der Waals surface area contributed by atoms with E-state index in [2.05, 4.69) is 10.1 Å². The lowest BCUT2D eigenvalue weighted by molar-refractivity contribution is -0.146. The number of esters is 1. The van der Waals surface area contributed by atoms with Crippen LogP contribution in [-0.4, -0.2) is 30.1 Å². The number of hydrogen-bond acceptors (Lipinski definition) is 5. The van der Waals surface area contributed by atoms with Gasteiger partial charge in [0.1, 0.15) is 11.9 Å². The van der Waals surface area contributed by atoms with Crippen LogP contribution in [0.5, 0.6) is 0 Å². The number of carbonyl (C=O) groups is 2. The van der Waals surface area contributed by atoms with Gasteiger partial charge in [-0.2, -0.15) is 0 Å². The first-order chi connectivity index (χ1) is 10.1. The van der Waals surface area contributed by atoms with Crippen LogP contribution in [0.25, 0.3) is 0 Å². The third kappa shape index (κ3) is 3.49. The molecule has 0 bridgehead atoms. The lowest BCUT2D eigenvalue weighted by atomic mass is 10.1. The zero-order valence-corrected chi connectivity index (χ0v) is 11.4. The van der Waals surface area contributed by atoms with Crippen LogP contribution in [0, 0.1) is 0 Å². The van der Waals surface area contributed by atoms with E-state index < -0.39 is 24.0 Å². The molecule has 2 N–H and O–H groups in total. The molecule has 1 heterocycles. The van der Waals surface area contributed by atoms with Gasteiger partial charge in [-0.15, -0.1) is 0 Å².